The molecule has 2 aromatic rings. The SMILES string of the molecule is CO[C@@]12CC[C@@H](O)C[C@@H]1N(Cc1coc(-c3ccccc3)n1)CC2. The van der Waals surface area contributed by atoms with E-state index in [4.69, 9.17) is 9.15 Å². The highest BCUT2D eigenvalue weighted by atomic mass is 16.5. The Kier molecular flexibility index (Phi) is 4.16. The van der Waals surface area contributed by atoms with Gasteiger partial charge < -0.3 is 14.3 Å². The normalized spacial score (nSPS) is 30.4. The molecule has 3 atom stereocenters. The first kappa shape index (κ1) is 15.8. The second-order valence-corrected chi connectivity index (χ2v) is 6.94. The van der Waals surface area contributed by atoms with Crippen LogP contribution < -0.4 is 0 Å². The van der Waals surface area contributed by atoms with Crippen molar-refractivity contribution < 1.29 is 14.3 Å². The molecule has 1 saturated heterocycles. The van der Waals surface area contributed by atoms with E-state index in [1.165, 1.54) is 0 Å². The van der Waals surface area contributed by atoms with Crippen molar-refractivity contribution in [1.29, 1.82) is 0 Å². The fourth-order valence-electron chi connectivity index (χ4n) is 4.26. The lowest BCUT2D eigenvalue weighted by molar-refractivity contribution is -0.0880. The summed E-state index contributed by atoms with van der Waals surface area (Å²) in [6.07, 6.45) is 5.08. The molecule has 128 valence electrons. The van der Waals surface area contributed by atoms with E-state index in [0.717, 1.165) is 50.0 Å². The second kappa shape index (κ2) is 6.31. The molecule has 2 aliphatic rings. The van der Waals surface area contributed by atoms with Crippen LogP contribution in [0.4, 0.5) is 0 Å². The topological polar surface area (TPSA) is 58.7 Å². The third-order valence-corrected chi connectivity index (χ3v) is 5.61. The van der Waals surface area contributed by atoms with Gasteiger partial charge in [0.15, 0.2) is 0 Å². The van der Waals surface area contributed by atoms with Gasteiger partial charge in [0.1, 0.15) is 6.26 Å². The Morgan fingerprint density at radius 3 is 2.96 bits per heavy atom. The van der Waals surface area contributed by atoms with Crippen molar-refractivity contribution in [2.45, 2.75) is 50.0 Å². The Morgan fingerprint density at radius 1 is 1.33 bits per heavy atom. The molecule has 1 aliphatic heterocycles. The number of benzene rings is 1. The minimum atomic E-state index is -0.226. The summed E-state index contributed by atoms with van der Waals surface area (Å²) in [5.74, 6) is 0.659. The lowest BCUT2D eigenvalue weighted by Gasteiger charge is -2.42. The monoisotopic (exact) mass is 328 g/mol. The van der Waals surface area contributed by atoms with Crippen LogP contribution in [0.2, 0.25) is 0 Å². The highest BCUT2D eigenvalue weighted by Crippen LogP contribution is 2.42. The van der Waals surface area contributed by atoms with Crippen LogP contribution in [-0.2, 0) is 11.3 Å². The fourth-order valence-corrected chi connectivity index (χ4v) is 4.26. The molecule has 5 nitrogen and oxygen atoms in total. The average molecular weight is 328 g/mol. The largest absolute Gasteiger partial charge is 0.444 e. The van der Waals surface area contributed by atoms with Crippen LogP contribution >= 0.6 is 0 Å². The molecule has 1 N–H and O–H groups in total. The Balaban J connectivity index is 1.51. The number of hydrogen-bond acceptors (Lipinski definition) is 5. The lowest BCUT2D eigenvalue weighted by atomic mass is 9.79. The van der Waals surface area contributed by atoms with Gasteiger partial charge in [-0.15, -0.1) is 0 Å². The van der Waals surface area contributed by atoms with E-state index in [1.54, 1.807) is 13.4 Å². The fraction of sp³-hybridized carbons (Fsp3) is 0.526. The highest BCUT2D eigenvalue weighted by molar-refractivity contribution is 5.52. The summed E-state index contributed by atoms with van der Waals surface area (Å²) >= 11 is 0. The van der Waals surface area contributed by atoms with Crippen molar-refractivity contribution in [3.8, 4) is 11.5 Å². The molecule has 2 heterocycles. The number of rotatable bonds is 4. The zero-order valence-corrected chi connectivity index (χ0v) is 14.0. The maximum Gasteiger partial charge on any atom is 0.226 e. The molecule has 0 unspecified atom stereocenters. The van der Waals surface area contributed by atoms with Crippen molar-refractivity contribution in [2.24, 2.45) is 0 Å². The number of aliphatic hydroxyl groups is 1. The van der Waals surface area contributed by atoms with Gasteiger partial charge in [0.05, 0.1) is 17.4 Å². The summed E-state index contributed by atoms with van der Waals surface area (Å²) in [5, 5.41) is 10.1. The van der Waals surface area contributed by atoms with Gasteiger partial charge in [0.25, 0.3) is 0 Å². The molecule has 1 saturated carbocycles. The van der Waals surface area contributed by atoms with Crippen molar-refractivity contribution >= 4 is 0 Å². The number of nitrogens with zero attached hydrogens (tertiary/aromatic N) is 2. The van der Waals surface area contributed by atoms with Crippen LogP contribution in [0.5, 0.6) is 0 Å². The first-order chi connectivity index (χ1) is 11.7. The number of hydrogen-bond donors (Lipinski definition) is 1. The number of likely N-dealkylation sites (tertiary alicyclic amines) is 1. The van der Waals surface area contributed by atoms with E-state index >= 15 is 0 Å². The molecule has 1 aromatic carbocycles. The smallest absolute Gasteiger partial charge is 0.226 e. The summed E-state index contributed by atoms with van der Waals surface area (Å²) in [5.41, 5.74) is 1.82. The molecule has 1 aromatic heterocycles. The third-order valence-electron chi connectivity index (χ3n) is 5.61. The van der Waals surface area contributed by atoms with Crippen LogP contribution in [0.25, 0.3) is 11.5 Å². The first-order valence-corrected chi connectivity index (χ1v) is 8.67. The van der Waals surface area contributed by atoms with Gasteiger partial charge in [-0.2, -0.15) is 0 Å². The predicted molar refractivity (Wildman–Crippen MR) is 90.4 cm³/mol. The van der Waals surface area contributed by atoms with Crippen LogP contribution in [0.3, 0.4) is 0 Å². The van der Waals surface area contributed by atoms with Crippen molar-refractivity contribution in [3.63, 3.8) is 0 Å². The lowest BCUT2D eigenvalue weighted by Crippen LogP contribution is -2.51. The van der Waals surface area contributed by atoms with Gasteiger partial charge in [-0.25, -0.2) is 4.98 Å². The molecule has 4 rings (SSSR count). The van der Waals surface area contributed by atoms with Crippen LogP contribution in [-0.4, -0.2) is 46.4 Å². The van der Waals surface area contributed by atoms with Gasteiger partial charge in [-0.1, -0.05) is 18.2 Å². The standard InChI is InChI=1S/C19H24N2O3/c1-23-19-8-7-16(22)11-17(19)21(10-9-19)12-15-13-24-18(20-15)14-5-3-2-4-6-14/h2-6,13,16-17,22H,7-12H2,1H3/t16-,17+,19-/m1/s1. The van der Waals surface area contributed by atoms with Crippen LogP contribution in [0.15, 0.2) is 41.0 Å². The molecule has 2 fully saturated rings. The zero-order chi connectivity index (χ0) is 16.6. The summed E-state index contributed by atoms with van der Waals surface area (Å²) in [7, 11) is 1.80. The Morgan fingerprint density at radius 2 is 2.17 bits per heavy atom. The molecule has 0 amide bonds. The van der Waals surface area contributed by atoms with Gasteiger partial charge in [0, 0.05) is 31.8 Å². The van der Waals surface area contributed by atoms with Gasteiger partial charge in [-0.05, 0) is 37.8 Å². The van der Waals surface area contributed by atoms with E-state index in [-0.39, 0.29) is 17.7 Å². The van der Waals surface area contributed by atoms with E-state index in [1.807, 2.05) is 30.3 Å². The van der Waals surface area contributed by atoms with E-state index < -0.39 is 0 Å². The molecule has 0 bridgehead atoms. The molecular weight excluding hydrogens is 304 g/mol. The van der Waals surface area contributed by atoms with Crippen LogP contribution in [0, 0.1) is 0 Å². The summed E-state index contributed by atoms with van der Waals surface area (Å²) in [6.45, 7) is 1.71. The summed E-state index contributed by atoms with van der Waals surface area (Å²) < 4.78 is 11.5. The molecule has 5 heteroatoms. The summed E-state index contributed by atoms with van der Waals surface area (Å²) in [6, 6.07) is 10.2. The summed E-state index contributed by atoms with van der Waals surface area (Å²) in [4.78, 5) is 7.02. The van der Waals surface area contributed by atoms with Crippen molar-refractivity contribution in [1.82, 2.24) is 9.88 Å². The number of aromatic nitrogens is 1. The van der Waals surface area contributed by atoms with E-state index in [9.17, 15) is 5.11 Å². The average Bonchev–Trinajstić information content (AvgIpc) is 3.22. The molecule has 0 radical (unpaired) electrons. The number of aliphatic hydroxyl groups excluding tert-OH is 1. The minimum Gasteiger partial charge on any atom is -0.444 e. The van der Waals surface area contributed by atoms with E-state index in [2.05, 4.69) is 9.88 Å². The Hall–Kier alpha value is -1.69. The third kappa shape index (κ3) is 2.77. The van der Waals surface area contributed by atoms with Gasteiger partial charge in [-0.3, -0.25) is 4.90 Å². The maximum absolute atomic E-state index is 10.1. The second-order valence-electron chi connectivity index (χ2n) is 6.94. The number of oxazole rings is 1. The van der Waals surface area contributed by atoms with Gasteiger partial charge in [0.2, 0.25) is 5.89 Å². The Bertz CT molecular complexity index is 687. The first-order valence-electron chi connectivity index (χ1n) is 8.67. The molecule has 0 spiro atoms. The zero-order valence-electron chi connectivity index (χ0n) is 14.0. The quantitative estimate of drug-likeness (QED) is 0.935. The molecule has 24 heavy (non-hydrogen) atoms. The van der Waals surface area contributed by atoms with E-state index in [0.29, 0.717) is 5.89 Å². The Labute approximate surface area is 142 Å². The van der Waals surface area contributed by atoms with Crippen LogP contribution in [0.1, 0.15) is 31.4 Å². The molecular formula is C19H24N2O3. The number of ether oxygens (including phenoxy) is 1. The predicted octanol–water partition coefficient (Wildman–Crippen LogP) is 2.85. The van der Waals surface area contributed by atoms with Crippen molar-refractivity contribution in [3.05, 3.63) is 42.3 Å². The van der Waals surface area contributed by atoms with Crippen molar-refractivity contribution in [2.75, 3.05) is 13.7 Å². The molecule has 1 aliphatic carbocycles. The highest BCUT2D eigenvalue weighted by Gasteiger charge is 2.50. The minimum absolute atomic E-state index is 0.106. The van der Waals surface area contributed by atoms with Gasteiger partial charge >= 0.3 is 0 Å². The maximum atomic E-state index is 10.1. The number of fused-ring (bicyclic) bond motifs is 1. The number of methoxy groups -OCH3 is 1.